The van der Waals surface area contributed by atoms with Crippen molar-refractivity contribution in [1.82, 2.24) is 20.6 Å². The number of hydrazine groups is 1. The second-order valence-electron chi connectivity index (χ2n) is 6.90. The van der Waals surface area contributed by atoms with E-state index in [4.69, 9.17) is 16.0 Å². The topological polar surface area (TPSA) is 157 Å². The summed E-state index contributed by atoms with van der Waals surface area (Å²) in [5.41, 5.74) is 1.76. The molecule has 32 heavy (non-hydrogen) atoms. The number of nitriles is 1. The molecule has 1 unspecified atom stereocenters. The largest absolute Gasteiger partial charge is 0.480 e. The molecule has 1 aromatic carbocycles. The van der Waals surface area contributed by atoms with Gasteiger partial charge in [-0.3, -0.25) is 20.8 Å². The Morgan fingerprint density at radius 3 is 2.66 bits per heavy atom. The Balaban J connectivity index is 1.81. The van der Waals surface area contributed by atoms with E-state index in [2.05, 4.69) is 15.6 Å². The van der Waals surface area contributed by atoms with Crippen LogP contribution in [0.2, 0.25) is 0 Å². The van der Waals surface area contributed by atoms with Gasteiger partial charge in [-0.1, -0.05) is 31.2 Å². The van der Waals surface area contributed by atoms with Gasteiger partial charge in [-0.05, 0) is 29.7 Å². The molecule has 10 nitrogen and oxygen atoms in total. The monoisotopic (exact) mass is 437 g/mol. The van der Waals surface area contributed by atoms with E-state index in [1.807, 2.05) is 25.1 Å². The van der Waals surface area contributed by atoms with E-state index in [1.165, 1.54) is 18.3 Å². The molecule has 0 aliphatic rings. The van der Waals surface area contributed by atoms with Gasteiger partial charge >= 0.3 is 0 Å². The molecule has 2 aromatic rings. The van der Waals surface area contributed by atoms with Gasteiger partial charge in [-0.15, -0.1) is 0 Å². The molecule has 0 fully saturated rings. The highest BCUT2D eigenvalue weighted by atomic mass is 16.5. The number of nitrogens with two attached hydrogens (primary N) is 1. The van der Waals surface area contributed by atoms with Crippen molar-refractivity contribution in [3.63, 3.8) is 0 Å². The maximum absolute atomic E-state index is 12.3. The number of carbonyl (C=O) groups is 2. The molecule has 0 aliphatic heterocycles. The third kappa shape index (κ3) is 6.87. The van der Waals surface area contributed by atoms with Crippen molar-refractivity contribution >= 4 is 17.5 Å². The van der Waals surface area contributed by atoms with Gasteiger partial charge < -0.3 is 15.4 Å². The minimum Gasteiger partial charge on any atom is -0.480 e. The second kappa shape index (κ2) is 12.1. The van der Waals surface area contributed by atoms with Crippen LogP contribution >= 0.6 is 0 Å². The van der Waals surface area contributed by atoms with Gasteiger partial charge in [0, 0.05) is 19.3 Å². The normalized spacial score (nSPS) is 11.3. The summed E-state index contributed by atoms with van der Waals surface area (Å²) in [7, 11) is 1.43. The van der Waals surface area contributed by atoms with Gasteiger partial charge in [0.2, 0.25) is 5.88 Å². The number of hydrogen-bond donors (Lipinski definition) is 4. The first-order valence-corrected chi connectivity index (χ1v) is 10.0. The molecule has 0 bridgehead atoms. The molecule has 1 atom stereocenters. The summed E-state index contributed by atoms with van der Waals surface area (Å²) in [6, 6.07) is 11.7. The highest BCUT2D eigenvalue weighted by Crippen LogP contribution is 2.14. The van der Waals surface area contributed by atoms with E-state index in [-0.39, 0.29) is 37.1 Å². The molecular formula is C22H27N7O3. The summed E-state index contributed by atoms with van der Waals surface area (Å²) in [5, 5.41) is 23.8. The Kier molecular flexibility index (Phi) is 9.28. The van der Waals surface area contributed by atoms with Gasteiger partial charge in [0.1, 0.15) is 17.3 Å². The number of amides is 2. The minimum atomic E-state index is -0.867. The molecule has 0 radical (unpaired) electrons. The van der Waals surface area contributed by atoms with Crippen LogP contribution in [0.15, 0.2) is 42.6 Å². The number of carbonyl (C=O) groups excluding carboxylic acids is 2. The number of aryl methyl sites for hydroxylation is 1. The number of benzene rings is 1. The van der Waals surface area contributed by atoms with Gasteiger partial charge in [-0.25, -0.2) is 9.99 Å². The standard InChI is InChI=1S/C22H27N7O3/c1-3-15-6-8-16(9-7-15)19(13-23)28-21(31)18(24)14-29(25)12-11-26-20(30)17-5-4-10-27-22(17)32-2/h4-10,19,24H,3,11-12,14,25H2,1-2H3,(H,26,30)(H,28,31). The van der Waals surface area contributed by atoms with Crippen molar-refractivity contribution < 1.29 is 14.3 Å². The fraction of sp³-hybridized carbons (Fsp3) is 0.318. The van der Waals surface area contributed by atoms with Crippen LogP contribution in [0.4, 0.5) is 0 Å². The molecule has 0 saturated heterocycles. The van der Waals surface area contributed by atoms with E-state index in [1.54, 1.807) is 24.3 Å². The third-order valence-electron chi connectivity index (χ3n) is 4.65. The number of nitrogens with zero attached hydrogens (tertiary/aromatic N) is 3. The summed E-state index contributed by atoms with van der Waals surface area (Å²) in [5.74, 6) is 5.01. The van der Waals surface area contributed by atoms with Crippen molar-refractivity contribution in [2.24, 2.45) is 5.84 Å². The zero-order chi connectivity index (χ0) is 23.5. The molecule has 0 saturated carbocycles. The number of nitrogens with one attached hydrogen (secondary N) is 3. The summed E-state index contributed by atoms with van der Waals surface area (Å²) in [6.07, 6.45) is 2.39. The zero-order valence-corrected chi connectivity index (χ0v) is 18.1. The smallest absolute Gasteiger partial charge is 0.267 e. The Labute approximate surface area is 186 Å². The van der Waals surface area contributed by atoms with Gasteiger partial charge in [0.25, 0.3) is 11.8 Å². The molecule has 1 aromatic heterocycles. The summed E-state index contributed by atoms with van der Waals surface area (Å²) < 4.78 is 5.05. The highest BCUT2D eigenvalue weighted by Gasteiger charge is 2.19. The zero-order valence-electron chi connectivity index (χ0n) is 18.1. The van der Waals surface area contributed by atoms with Gasteiger partial charge in [-0.2, -0.15) is 5.26 Å². The summed E-state index contributed by atoms with van der Waals surface area (Å²) in [6.45, 7) is 2.27. The van der Waals surface area contributed by atoms with E-state index < -0.39 is 11.9 Å². The van der Waals surface area contributed by atoms with Crippen molar-refractivity contribution in [2.75, 3.05) is 26.7 Å². The predicted molar refractivity (Wildman–Crippen MR) is 119 cm³/mol. The molecule has 10 heteroatoms. The SMILES string of the molecule is CCc1ccc(C(C#N)NC(=O)C(=N)CN(N)CCNC(=O)c2cccnc2OC)cc1. The van der Waals surface area contributed by atoms with Gasteiger partial charge in [0.05, 0.1) is 19.7 Å². The predicted octanol–water partition coefficient (Wildman–Crippen LogP) is 0.959. The Hall–Kier alpha value is -3.81. The van der Waals surface area contributed by atoms with Crippen molar-refractivity contribution in [2.45, 2.75) is 19.4 Å². The number of rotatable bonds is 11. The summed E-state index contributed by atoms with van der Waals surface area (Å²) >= 11 is 0. The van der Waals surface area contributed by atoms with Crippen molar-refractivity contribution in [3.8, 4) is 11.9 Å². The lowest BCUT2D eigenvalue weighted by Crippen LogP contribution is -2.45. The molecule has 1 heterocycles. The van der Waals surface area contributed by atoms with Crippen LogP contribution in [0.3, 0.4) is 0 Å². The Morgan fingerprint density at radius 1 is 1.31 bits per heavy atom. The minimum absolute atomic E-state index is 0.148. The number of pyridine rings is 1. The lowest BCUT2D eigenvalue weighted by molar-refractivity contribution is -0.115. The van der Waals surface area contributed by atoms with Crippen molar-refractivity contribution in [1.29, 1.82) is 10.7 Å². The molecule has 0 spiro atoms. The quantitative estimate of drug-likeness (QED) is 0.232. The molecule has 168 valence electrons. The molecule has 0 aliphatic carbocycles. The van der Waals surface area contributed by atoms with E-state index in [0.29, 0.717) is 11.1 Å². The van der Waals surface area contributed by atoms with E-state index in [0.717, 1.165) is 12.0 Å². The van der Waals surface area contributed by atoms with Crippen LogP contribution in [0, 0.1) is 16.7 Å². The number of hydrogen-bond acceptors (Lipinski definition) is 8. The van der Waals surface area contributed by atoms with Crippen LogP contribution in [0.5, 0.6) is 5.88 Å². The molecule has 2 rings (SSSR count). The third-order valence-corrected chi connectivity index (χ3v) is 4.65. The van der Waals surface area contributed by atoms with Crippen LogP contribution in [0.25, 0.3) is 0 Å². The highest BCUT2D eigenvalue weighted by molar-refractivity contribution is 6.38. The fourth-order valence-electron chi connectivity index (χ4n) is 2.84. The van der Waals surface area contributed by atoms with Crippen LogP contribution in [0.1, 0.15) is 34.5 Å². The number of ether oxygens (including phenoxy) is 1. The number of aromatic nitrogens is 1. The lowest BCUT2D eigenvalue weighted by Gasteiger charge is -2.18. The second-order valence-corrected chi connectivity index (χ2v) is 6.90. The average Bonchev–Trinajstić information content (AvgIpc) is 2.82. The molecular weight excluding hydrogens is 410 g/mol. The van der Waals surface area contributed by atoms with Crippen LogP contribution < -0.4 is 21.2 Å². The average molecular weight is 438 g/mol. The first-order valence-electron chi connectivity index (χ1n) is 10.0. The molecule has 5 N–H and O–H groups in total. The molecule has 2 amide bonds. The number of methoxy groups -OCH3 is 1. The lowest BCUT2D eigenvalue weighted by atomic mass is 10.0. The van der Waals surface area contributed by atoms with Crippen LogP contribution in [-0.4, -0.2) is 54.3 Å². The first-order chi connectivity index (χ1) is 15.4. The Bertz CT molecular complexity index is 986. The Morgan fingerprint density at radius 2 is 2.03 bits per heavy atom. The maximum Gasteiger partial charge on any atom is 0.267 e. The first kappa shape index (κ1) is 24.5. The van der Waals surface area contributed by atoms with Crippen molar-refractivity contribution in [3.05, 3.63) is 59.3 Å². The maximum atomic E-state index is 12.3. The van der Waals surface area contributed by atoms with Gasteiger partial charge in [0.15, 0.2) is 0 Å². The van der Waals surface area contributed by atoms with Crippen LogP contribution in [-0.2, 0) is 11.2 Å². The van der Waals surface area contributed by atoms with E-state index >= 15 is 0 Å². The fourth-order valence-corrected chi connectivity index (χ4v) is 2.84. The summed E-state index contributed by atoms with van der Waals surface area (Å²) in [4.78, 5) is 28.5. The van der Waals surface area contributed by atoms with E-state index in [9.17, 15) is 14.9 Å².